The number of nitrogens with zero attached hydrogens (tertiary/aromatic N) is 2. The molecule has 1 aliphatic carbocycles. The lowest BCUT2D eigenvalue weighted by Crippen LogP contribution is -2.45. The highest BCUT2D eigenvalue weighted by Crippen LogP contribution is 2.48. The minimum Gasteiger partial charge on any atom is -0.335 e. The van der Waals surface area contributed by atoms with E-state index in [1.165, 1.54) is 0 Å². The van der Waals surface area contributed by atoms with Crippen LogP contribution in [0.3, 0.4) is 0 Å². The molecule has 0 aliphatic heterocycles. The summed E-state index contributed by atoms with van der Waals surface area (Å²) in [4.78, 5) is 27.9. The number of benzene rings is 2. The van der Waals surface area contributed by atoms with Gasteiger partial charge in [-0.1, -0.05) is 30.3 Å². The van der Waals surface area contributed by atoms with Gasteiger partial charge in [-0.3, -0.25) is 9.59 Å². The summed E-state index contributed by atoms with van der Waals surface area (Å²) in [6.07, 6.45) is 1.12. The van der Waals surface area contributed by atoms with Crippen molar-refractivity contribution in [3.63, 3.8) is 0 Å². The van der Waals surface area contributed by atoms with Gasteiger partial charge in [-0.25, -0.2) is 0 Å². The lowest BCUT2D eigenvalue weighted by molar-refractivity contribution is -0.144. The molecule has 2 aromatic rings. The van der Waals surface area contributed by atoms with Crippen LogP contribution in [0.15, 0.2) is 54.6 Å². The summed E-state index contributed by atoms with van der Waals surface area (Å²) in [5.74, 6) is -0.386. The molecule has 0 spiro atoms. The third-order valence-corrected chi connectivity index (χ3v) is 4.95. The van der Waals surface area contributed by atoms with Crippen molar-refractivity contribution in [3.05, 3.63) is 65.7 Å². The molecule has 27 heavy (non-hydrogen) atoms. The van der Waals surface area contributed by atoms with E-state index in [4.69, 9.17) is 5.26 Å². The van der Waals surface area contributed by atoms with E-state index < -0.39 is 5.41 Å². The van der Waals surface area contributed by atoms with E-state index >= 15 is 0 Å². The van der Waals surface area contributed by atoms with Gasteiger partial charge in [0.1, 0.15) is 5.41 Å². The number of hydrogen-bond donors (Lipinski definition) is 1. The van der Waals surface area contributed by atoms with Crippen LogP contribution in [0.4, 0.5) is 5.69 Å². The quantitative estimate of drug-likeness (QED) is 0.797. The third kappa shape index (κ3) is 4.01. The van der Waals surface area contributed by atoms with Crippen LogP contribution in [0, 0.1) is 16.7 Å². The first kappa shape index (κ1) is 18.7. The normalized spacial score (nSPS) is 14.3. The molecule has 2 amide bonds. The van der Waals surface area contributed by atoms with Crippen molar-refractivity contribution < 1.29 is 9.59 Å². The number of hydrogen-bond acceptors (Lipinski definition) is 3. The molecule has 1 fully saturated rings. The number of nitriles is 1. The SMILES string of the molecule is CC(C)N(Cc1ccccc1)C(=O)C1(C(=O)Nc2ccc(C#N)cc2)CC1. The molecule has 0 radical (unpaired) electrons. The Kier molecular flexibility index (Phi) is 5.27. The zero-order valence-corrected chi connectivity index (χ0v) is 15.6. The van der Waals surface area contributed by atoms with Gasteiger partial charge in [0.25, 0.3) is 0 Å². The number of carbonyl (C=O) groups excluding carboxylic acids is 2. The van der Waals surface area contributed by atoms with E-state index in [0.29, 0.717) is 30.6 Å². The van der Waals surface area contributed by atoms with Crippen molar-refractivity contribution in [3.8, 4) is 6.07 Å². The fraction of sp³-hybridized carbons (Fsp3) is 0.318. The highest BCUT2D eigenvalue weighted by Gasteiger charge is 2.58. The third-order valence-electron chi connectivity index (χ3n) is 4.95. The van der Waals surface area contributed by atoms with Gasteiger partial charge in [0.2, 0.25) is 11.8 Å². The molecule has 0 heterocycles. The van der Waals surface area contributed by atoms with Gasteiger partial charge in [0.15, 0.2) is 0 Å². The second kappa shape index (κ2) is 7.63. The van der Waals surface area contributed by atoms with Gasteiger partial charge in [-0.15, -0.1) is 0 Å². The number of nitrogens with one attached hydrogen (secondary N) is 1. The smallest absolute Gasteiger partial charge is 0.240 e. The van der Waals surface area contributed by atoms with Gasteiger partial charge in [-0.2, -0.15) is 5.26 Å². The van der Waals surface area contributed by atoms with Crippen LogP contribution in [0.25, 0.3) is 0 Å². The molecule has 0 atom stereocenters. The lowest BCUT2D eigenvalue weighted by atomic mass is 10.0. The number of carbonyl (C=O) groups is 2. The summed E-state index contributed by atoms with van der Waals surface area (Å²) in [6.45, 7) is 4.42. The largest absolute Gasteiger partial charge is 0.335 e. The van der Waals surface area contributed by atoms with Crippen molar-refractivity contribution in [2.24, 2.45) is 5.41 Å². The molecule has 3 rings (SSSR count). The standard InChI is InChI=1S/C22H23N3O2/c1-16(2)25(15-18-6-4-3-5-7-18)21(27)22(12-13-22)20(26)24-19-10-8-17(14-23)9-11-19/h3-11,16H,12-13,15H2,1-2H3,(H,24,26). The minimum atomic E-state index is -0.979. The van der Waals surface area contributed by atoms with Crippen molar-refractivity contribution in [2.75, 3.05) is 5.32 Å². The average molecular weight is 361 g/mol. The maximum Gasteiger partial charge on any atom is 0.240 e. The van der Waals surface area contributed by atoms with Gasteiger partial charge in [0, 0.05) is 18.3 Å². The molecule has 0 saturated heterocycles. The van der Waals surface area contributed by atoms with Crippen LogP contribution in [0.5, 0.6) is 0 Å². The zero-order chi connectivity index (χ0) is 19.4. The van der Waals surface area contributed by atoms with Gasteiger partial charge < -0.3 is 10.2 Å². The van der Waals surface area contributed by atoms with E-state index in [9.17, 15) is 9.59 Å². The Balaban J connectivity index is 1.74. The van der Waals surface area contributed by atoms with Crippen LogP contribution in [-0.4, -0.2) is 22.8 Å². The molecule has 5 nitrogen and oxygen atoms in total. The molecule has 0 aromatic heterocycles. The van der Waals surface area contributed by atoms with E-state index in [1.54, 1.807) is 29.2 Å². The number of anilines is 1. The summed E-state index contributed by atoms with van der Waals surface area (Å²) >= 11 is 0. The molecular formula is C22H23N3O2. The zero-order valence-electron chi connectivity index (χ0n) is 15.6. The molecule has 2 aromatic carbocycles. The van der Waals surface area contributed by atoms with Gasteiger partial charge in [-0.05, 0) is 56.5 Å². The highest BCUT2D eigenvalue weighted by molar-refractivity contribution is 6.13. The first-order valence-corrected chi connectivity index (χ1v) is 9.13. The summed E-state index contributed by atoms with van der Waals surface area (Å²) in [5.41, 5.74) is 1.19. The fourth-order valence-corrected chi connectivity index (χ4v) is 3.09. The van der Waals surface area contributed by atoms with Crippen LogP contribution in [0.1, 0.15) is 37.8 Å². The summed E-state index contributed by atoms with van der Waals surface area (Å²) in [5, 5.41) is 11.7. The number of rotatable bonds is 6. The Labute approximate surface area is 159 Å². The molecular weight excluding hydrogens is 338 g/mol. The molecule has 1 N–H and O–H groups in total. The van der Waals surface area contributed by atoms with Gasteiger partial charge >= 0.3 is 0 Å². The van der Waals surface area contributed by atoms with Gasteiger partial charge in [0.05, 0.1) is 11.6 Å². The maximum absolute atomic E-state index is 13.2. The first-order valence-electron chi connectivity index (χ1n) is 9.13. The fourth-order valence-electron chi connectivity index (χ4n) is 3.09. The molecule has 1 saturated carbocycles. The van der Waals surface area contributed by atoms with E-state index in [0.717, 1.165) is 5.56 Å². The summed E-state index contributed by atoms with van der Waals surface area (Å²) < 4.78 is 0. The lowest BCUT2D eigenvalue weighted by Gasteiger charge is -2.30. The maximum atomic E-state index is 13.2. The second-order valence-electron chi connectivity index (χ2n) is 7.24. The van der Waals surface area contributed by atoms with E-state index in [1.807, 2.05) is 50.2 Å². The Morgan fingerprint density at radius 1 is 1.11 bits per heavy atom. The molecule has 1 aliphatic rings. The Bertz CT molecular complexity index is 863. The van der Waals surface area contributed by atoms with Crippen molar-refractivity contribution in [2.45, 2.75) is 39.3 Å². The minimum absolute atomic E-state index is 0.00195. The molecule has 0 bridgehead atoms. The monoisotopic (exact) mass is 361 g/mol. The molecule has 0 unspecified atom stereocenters. The molecule has 5 heteroatoms. The summed E-state index contributed by atoms with van der Waals surface area (Å²) in [7, 11) is 0. The van der Waals surface area contributed by atoms with E-state index in [2.05, 4.69) is 5.32 Å². The predicted molar refractivity (Wildman–Crippen MR) is 104 cm³/mol. The number of amides is 2. The first-order chi connectivity index (χ1) is 13.0. The van der Waals surface area contributed by atoms with Crippen molar-refractivity contribution >= 4 is 17.5 Å². The van der Waals surface area contributed by atoms with Crippen molar-refractivity contribution in [1.82, 2.24) is 4.90 Å². The van der Waals surface area contributed by atoms with Crippen LogP contribution >= 0.6 is 0 Å². The van der Waals surface area contributed by atoms with Crippen LogP contribution in [0.2, 0.25) is 0 Å². The Morgan fingerprint density at radius 2 is 1.74 bits per heavy atom. The topological polar surface area (TPSA) is 73.2 Å². The summed E-state index contributed by atoms with van der Waals surface area (Å²) in [6, 6.07) is 18.5. The van der Waals surface area contributed by atoms with E-state index in [-0.39, 0.29) is 17.9 Å². The molecule has 138 valence electrons. The average Bonchev–Trinajstić information content (AvgIpc) is 3.49. The highest BCUT2D eigenvalue weighted by atomic mass is 16.2. The Hall–Kier alpha value is -3.13. The Morgan fingerprint density at radius 3 is 2.26 bits per heavy atom. The second-order valence-corrected chi connectivity index (χ2v) is 7.24. The van der Waals surface area contributed by atoms with Crippen molar-refractivity contribution in [1.29, 1.82) is 5.26 Å². The predicted octanol–water partition coefficient (Wildman–Crippen LogP) is 3.71. The van der Waals surface area contributed by atoms with Crippen LogP contribution in [-0.2, 0) is 16.1 Å². The van der Waals surface area contributed by atoms with Crippen LogP contribution < -0.4 is 5.32 Å².